The maximum Gasteiger partial charge on any atom is 0.265 e. The average molecular weight is 320 g/mol. The standard InChI is InChI=1S/C19H16N2O3/c1-11-18(22)21-16-9-12(6-7-17(16)24-11)8-14-10-13-4-2-3-5-15(13)20-19(14)23/h2-7,9-11H,8H2,1H3,(H,20,23)(H,21,22). The van der Waals surface area contributed by atoms with Crippen LogP contribution < -0.4 is 15.6 Å². The highest BCUT2D eigenvalue weighted by Crippen LogP contribution is 2.31. The summed E-state index contributed by atoms with van der Waals surface area (Å²) in [5.41, 5.74) is 3.00. The normalized spacial score (nSPS) is 16.4. The Morgan fingerprint density at radius 2 is 1.92 bits per heavy atom. The minimum absolute atomic E-state index is 0.0969. The molecule has 1 unspecified atom stereocenters. The zero-order valence-electron chi connectivity index (χ0n) is 13.1. The number of rotatable bonds is 2. The van der Waals surface area contributed by atoms with Crippen LogP contribution in [0.2, 0.25) is 0 Å². The van der Waals surface area contributed by atoms with E-state index >= 15 is 0 Å². The molecule has 2 aromatic carbocycles. The summed E-state index contributed by atoms with van der Waals surface area (Å²) in [6.07, 6.45) is -0.00882. The molecule has 0 radical (unpaired) electrons. The van der Waals surface area contributed by atoms with Gasteiger partial charge in [-0.25, -0.2) is 0 Å². The number of aromatic nitrogens is 1. The highest BCUT2D eigenvalue weighted by Gasteiger charge is 2.23. The molecule has 0 spiro atoms. The zero-order chi connectivity index (χ0) is 16.7. The number of fused-ring (bicyclic) bond motifs is 2. The van der Waals surface area contributed by atoms with Crippen molar-refractivity contribution in [2.24, 2.45) is 0 Å². The monoisotopic (exact) mass is 320 g/mol. The number of aromatic amines is 1. The van der Waals surface area contributed by atoms with Gasteiger partial charge in [-0.15, -0.1) is 0 Å². The molecule has 0 saturated heterocycles. The molecule has 3 aromatic rings. The Hall–Kier alpha value is -3.08. The van der Waals surface area contributed by atoms with Crippen LogP contribution in [0.25, 0.3) is 10.9 Å². The lowest BCUT2D eigenvalue weighted by Gasteiger charge is -2.23. The van der Waals surface area contributed by atoms with E-state index in [0.29, 0.717) is 23.4 Å². The Bertz CT molecular complexity index is 1010. The van der Waals surface area contributed by atoms with E-state index in [-0.39, 0.29) is 11.5 Å². The number of hydrogen-bond donors (Lipinski definition) is 2. The predicted molar refractivity (Wildman–Crippen MR) is 92.5 cm³/mol. The topological polar surface area (TPSA) is 71.2 Å². The first-order valence-electron chi connectivity index (χ1n) is 7.81. The molecule has 1 amide bonds. The van der Waals surface area contributed by atoms with Crippen LogP contribution >= 0.6 is 0 Å². The maximum absolute atomic E-state index is 12.3. The molecule has 1 aliphatic heterocycles. The lowest BCUT2D eigenvalue weighted by atomic mass is 10.0. The molecule has 1 aliphatic rings. The second-order valence-electron chi connectivity index (χ2n) is 5.97. The Balaban J connectivity index is 1.69. The third kappa shape index (κ3) is 2.54. The molecule has 2 heterocycles. The van der Waals surface area contributed by atoms with Crippen molar-refractivity contribution in [1.82, 2.24) is 4.98 Å². The largest absolute Gasteiger partial charge is 0.479 e. The van der Waals surface area contributed by atoms with Gasteiger partial charge in [-0.2, -0.15) is 0 Å². The first-order chi connectivity index (χ1) is 11.6. The number of carbonyl (C=O) groups excluding carboxylic acids is 1. The van der Waals surface area contributed by atoms with Gasteiger partial charge in [0.2, 0.25) is 0 Å². The number of para-hydroxylation sites is 1. The second-order valence-corrected chi connectivity index (χ2v) is 5.97. The Kier molecular flexibility index (Phi) is 3.34. The molecule has 5 nitrogen and oxygen atoms in total. The third-order valence-electron chi connectivity index (χ3n) is 4.20. The first-order valence-corrected chi connectivity index (χ1v) is 7.81. The van der Waals surface area contributed by atoms with E-state index in [4.69, 9.17) is 4.74 Å². The van der Waals surface area contributed by atoms with Crippen LogP contribution in [0, 0.1) is 0 Å². The van der Waals surface area contributed by atoms with Crippen LogP contribution in [0.15, 0.2) is 53.3 Å². The first kappa shape index (κ1) is 14.5. The van der Waals surface area contributed by atoms with Crippen molar-refractivity contribution < 1.29 is 9.53 Å². The Morgan fingerprint density at radius 3 is 2.79 bits per heavy atom. The molecule has 0 bridgehead atoms. The molecule has 24 heavy (non-hydrogen) atoms. The zero-order valence-corrected chi connectivity index (χ0v) is 13.1. The van der Waals surface area contributed by atoms with Gasteiger partial charge < -0.3 is 15.0 Å². The van der Waals surface area contributed by atoms with Gasteiger partial charge >= 0.3 is 0 Å². The van der Waals surface area contributed by atoms with Crippen LogP contribution in [-0.2, 0) is 11.2 Å². The second kappa shape index (κ2) is 5.53. The maximum atomic E-state index is 12.3. The van der Waals surface area contributed by atoms with Crippen LogP contribution in [0.5, 0.6) is 5.75 Å². The average Bonchev–Trinajstić information content (AvgIpc) is 2.57. The molecule has 5 heteroatoms. The third-order valence-corrected chi connectivity index (χ3v) is 4.20. The molecular weight excluding hydrogens is 304 g/mol. The van der Waals surface area contributed by atoms with E-state index in [1.54, 1.807) is 6.92 Å². The molecular formula is C19H16N2O3. The lowest BCUT2D eigenvalue weighted by Crippen LogP contribution is -2.34. The molecule has 120 valence electrons. The van der Waals surface area contributed by atoms with Gasteiger partial charge in [0.15, 0.2) is 6.10 Å². The summed E-state index contributed by atoms with van der Waals surface area (Å²) in [5.74, 6) is 0.487. The Morgan fingerprint density at radius 1 is 1.08 bits per heavy atom. The minimum Gasteiger partial charge on any atom is -0.479 e. The highest BCUT2D eigenvalue weighted by atomic mass is 16.5. The minimum atomic E-state index is -0.494. The van der Waals surface area contributed by atoms with Crippen LogP contribution in [0.1, 0.15) is 18.1 Å². The van der Waals surface area contributed by atoms with Gasteiger partial charge in [0.25, 0.3) is 11.5 Å². The Labute approximate surface area is 138 Å². The molecule has 2 N–H and O–H groups in total. The summed E-state index contributed by atoms with van der Waals surface area (Å²) >= 11 is 0. The molecule has 0 fully saturated rings. The van der Waals surface area contributed by atoms with Crippen molar-refractivity contribution in [2.75, 3.05) is 5.32 Å². The number of H-pyrrole nitrogens is 1. The molecule has 0 saturated carbocycles. The molecule has 1 atom stereocenters. The summed E-state index contributed by atoms with van der Waals surface area (Å²) in [4.78, 5) is 26.9. The van der Waals surface area contributed by atoms with Crippen molar-refractivity contribution in [3.63, 3.8) is 0 Å². The smallest absolute Gasteiger partial charge is 0.265 e. The van der Waals surface area contributed by atoms with E-state index in [0.717, 1.165) is 16.5 Å². The highest BCUT2D eigenvalue weighted by molar-refractivity contribution is 5.97. The van der Waals surface area contributed by atoms with Crippen LogP contribution in [0.3, 0.4) is 0 Å². The fourth-order valence-electron chi connectivity index (χ4n) is 2.91. The van der Waals surface area contributed by atoms with Crippen molar-refractivity contribution >= 4 is 22.5 Å². The fraction of sp³-hybridized carbons (Fsp3) is 0.158. The summed E-state index contributed by atoms with van der Waals surface area (Å²) in [6, 6.07) is 15.2. The predicted octanol–water partition coefficient (Wildman–Crippen LogP) is 2.84. The van der Waals surface area contributed by atoms with Gasteiger partial charge in [0, 0.05) is 17.5 Å². The van der Waals surface area contributed by atoms with Crippen LogP contribution in [0.4, 0.5) is 5.69 Å². The van der Waals surface area contributed by atoms with Crippen molar-refractivity contribution in [2.45, 2.75) is 19.4 Å². The number of pyridine rings is 1. The summed E-state index contributed by atoms with van der Waals surface area (Å²) in [7, 11) is 0. The number of ether oxygens (including phenoxy) is 1. The number of amides is 1. The van der Waals surface area contributed by atoms with E-state index in [9.17, 15) is 9.59 Å². The van der Waals surface area contributed by atoms with E-state index in [2.05, 4.69) is 10.3 Å². The van der Waals surface area contributed by atoms with E-state index in [1.165, 1.54) is 0 Å². The number of nitrogens with one attached hydrogen (secondary N) is 2. The van der Waals surface area contributed by atoms with Gasteiger partial charge in [-0.05, 0) is 42.1 Å². The van der Waals surface area contributed by atoms with Crippen molar-refractivity contribution in [3.8, 4) is 5.75 Å². The van der Waals surface area contributed by atoms with Gasteiger partial charge in [-0.1, -0.05) is 24.3 Å². The van der Waals surface area contributed by atoms with E-state index in [1.807, 2.05) is 48.5 Å². The number of anilines is 1. The van der Waals surface area contributed by atoms with Crippen molar-refractivity contribution in [3.05, 3.63) is 70.0 Å². The van der Waals surface area contributed by atoms with Gasteiger partial charge in [0.1, 0.15) is 5.75 Å². The van der Waals surface area contributed by atoms with Crippen LogP contribution in [-0.4, -0.2) is 17.0 Å². The quantitative estimate of drug-likeness (QED) is 0.763. The number of benzene rings is 2. The fourth-order valence-corrected chi connectivity index (χ4v) is 2.91. The number of hydrogen-bond acceptors (Lipinski definition) is 3. The summed E-state index contributed by atoms with van der Waals surface area (Å²) in [5, 5.41) is 3.83. The van der Waals surface area contributed by atoms with E-state index < -0.39 is 6.10 Å². The van der Waals surface area contributed by atoms with Gasteiger partial charge in [-0.3, -0.25) is 9.59 Å². The SMILES string of the molecule is CC1Oc2ccc(Cc3cc4ccccc4[nH]c3=O)cc2NC1=O. The lowest BCUT2D eigenvalue weighted by molar-refractivity contribution is -0.122. The molecule has 0 aliphatic carbocycles. The molecule has 1 aromatic heterocycles. The molecule has 4 rings (SSSR count). The van der Waals surface area contributed by atoms with Crippen molar-refractivity contribution in [1.29, 1.82) is 0 Å². The summed E-state index contributed by atoms with van der Waals surface area (Å²) in [6.45, 7) is 1.71. The van der Waals surface area contributed by atoms with Gasteiger partial charge in [0.05, 0.1) is 5.69 Å². The summed E-state index contributed by atoms with van der Waals surface area (Å²) < 4.78 is 5.55. The number of carbonyl (C=O) groups is 1.